The van der Waals surface area contributed by atoms with Gasteiger partial charge in [-0.1, -0.05) is 0 Å². The predicted molar refractivity (Wildman–Crippen MR) is 75.9 cm³/mol. The lowest BCUT2D eigenvalue weighted by molar-refractivity contribution is 0.186. The van der Waals surface area contributed by atoms with Gasteiger partial charge in [0.25, 0.3) is 0 Å². The van der Waals surface area contributed by atoms with Gasteiger partial charge in [0.2, 0.25) is 0 Å². The molecular formula is C15H20FN3. The molecule has 3 nitrogen and oxygen atoms in total. The first-order valence-electron chi connectivity index (χ1n) is 6.89. The Kier molecular flexibility index (Phi) is 3.29. The summed E-state index contributed by atoms with van der Waals surface area (Å²) in [6.45, 7) is 8.43. The first-order chi connectivity index (χ1) is 9.16. The van der Waals surface area contributed by atoms with Crippen molar-refractivity contribution in [2.45, 2.75) is 19.9 Å². The Morgan fingerprint density at radius 1 is 1.26 bits per heavy atom. The van der Waals surface area contributed by atoms with Crippen LogP contribution in [0.4, 0.5) is 4.39 Å². The third-order valence-electron chi connectivity index (χ3n) is 4.12. The van der Waals surface area contributed by atoms with Gasteiger partial charge in [0.05, 0.1) is 0 Å². The van der Waals surface area contributed by atoms with Crippen LogP contribution in [-0.2, 0) is 0 Å². The summed E-state index contributed by atoms with van der Waals surface area (Å²) in [5.74, 6) is -0.166. The first-order valence-corrected chi connectivity index (χ1v) is 6.89. The molecule has 0 saturated carbocycles. The van der Waals surface area contributed by atoms with E-state index in [1.165, 1.54) is 11.6 Å². The molecule has 2 N–H and O–H groups in total. The fourth-order valence-electron chi connectivity index (χ4n) is 3.11. The number of fused-ring (bicyclic) bond motifs is 1. The van der Waals surface area contributed by atoms with Crippen LogP contribution >= 0.6 is 0 Å². The van der Waals surface area contributed by atoms with Crippen molar-refractivity contribution in [1.29, 1.82) is 0 Å². The molecule has 1 aromatic heterocycles. The van der Waals surface area contributed by atoms with Crippen molar-refractivity contribution in [3.8, 4) is 0 Å². The van der Waals surface area contributed by atoms with E-state index >= 15 is 0 Å². The van der Waals surface area contributed by atoms with E-state index in [2.05, 4.69) is 29.0 Å². The van der Waals surface area contributed by atoms with Gasteiger partial charge in [-0.05, 0) is 37.6 Å². The zero-order valence-electron chi connectivity index (χ0n) is 11.5. The summed E-state index contributed by atoms with van der Waals surface area (Å²) in [5, 5.41) is 4.38. The molecule has 0 amide bonds. The van der Waals surface area contributed by atoms with Crippen LogP contribution in [0.25, 0.3) is 10.9 Å². The highest BCUT2D eigenvalue weighted by molar-refractivity contribution is 5.85. The van der Waals surface area contributed by atoms with E-state index in [9.17, 15) is 4.39 Å². The van der Waals surface area contributed by atoms with Gasteiger partial charge >= 0.3 is 0 Å². The Bertz CT molecular complexity index is 584. The van der Waals surface area contributed by atoms with Gasteiger partial charge in [0.1, 0.15) is 5.82 Å². The minimum Gasteiger partial charge on any atom is -0.358 e. The molecule has 1 fully saturated rings. The summed E-state index contributed by atoms with van der Waals surface area (Å²) in [6, 6.07) is 5.30. The molecule has 1 atom stereocenters. The summed E-state index contributed by atoms with van der Waals surface area (Å²) < 4.78 is 13.5. The first kappa shape index (κ1) is 12.6. The molecule has 2 heterocycles. The van der Waals surface area contributed by atoms with E-state index in [1.807, 2.05) is 6.07 Å². The highest BCUT2D eigenvalue weighted by atomic mass is 19.1. The Balaban J connectivity index is 2.02. The zero-order valence-corrected chi connectivity index (χ0v) is 11.5. The second kappa shape index (κ2) is 4.94. The molecule has 1 aromatic carbocycles. The zero-order chi connectivity index (χ0) is 13.4. The smallest absolute Gasteiger partial charge is 0.123 e. The molecule has 1 unspecified atom stereocenters. The summed E-state index contributed by atoms with van der Waals surface area (Å²) in [7, 11) is 0. The molecule has 0 spiro atoms. The summed E-state index contributed by atoms with van der Waals surface area (Å²) in [5.41, 5.74) is 3.40. The van der Waals surface area contributed by atoms with Crippen LogP contribution in [0.3, 0.4) is 0 Å². The van der Waals surface area contributed by atoms with E-state index in [0.717, 1.165) is 42.8 Å². The minimum atomic E-state index is -0.166. The number of aromatic nitrogens is 1. The average Bonchev–Trinajstić information content (AvgIpc) is 2.74. The maximum Gasteiger partial charge on any atom is 0.123 e. The second-order valence-corrected chi connectivity index (χ2v) is 5.32. The van der Waals surface area contributed by atoms with E-state index in [4.69, 9.17) is 0 Å². The number of nitrogens with zero attached hydrogens (tertiary/aromatic N) is 1. The molecule has 1 aliphatic heterocycles. The molecule has 1 saturated heterocycles. The van der Waals surface area contributed by atoms with Crippen LogP contribution in [0.2, 0.25) is 0 Å². The minimum absolute atomic E-state index is 0.166. The molecule has 3 rings (SSSR count). The van der Waals surface area contributed by atoms with Crippen molar-refractivity contribution in [2.24, 2.45) is 0 Å². The quantitative estimate of drug-likeness (QED) is 0.870. The van der Waals surface area contributed by atoms with Crippen LogP contribution < -0.4 is 5.32 Å². The van der Waals surface area contributed by atoms with Crippen LogP contribution in [0.5, 0.6) is 0 Å². The van der Waals surface area contributed by atoms with Crippen molar-refractivity contribution in [1.82, 2.24) is 15.2 Å². The predicted octanol–water partition coefficient (Wildman–Crippen LogP) is 2.58. The van der Waals surface area contributed by atoms with E-state index in [1.54, 1.807) is 6.07 Å². The maximum atomic E-state index is 13.5. The van der Waals surface area contributed by atoms with Gasteiger partial charge in [-0.2, -0.15) is 0 Å². The highest BCUT2D eigenvalue weighted by Gasteiger charge is 2.22. The monoisotopic (exact) mass is 261 g/mol. The van der Waals surface area contributed by atoms with E-state index < -0.39 is 0 Å². The van der Waals surface area contributed by atoms with Crippen molar-refractivity contribution >= 4 is 10.9 Å². The molecule has 102 valence electrons. The van der Waals surface area contributed by atoms with Crippen LogP contribution in [-0.4, -0.2) is 36.1 Å². The largest absolute Gasteiger partial charge is 0.358 e. The Labute approximate surface area is 112 Å². The maximum absolute atomic E-state index is 13.5. The highest BCUT2D eigenvalue weighted by Crippen LogP contribution is 2.31. The fourth-order valence-corrected chi connectivity index (χ4v) is 3.11. The number of benzene rings is 1. The summed E-state index contributed by atoms with van der Waals surface area (Å²) in [6.07, 6.45) is 0. The van der Waals surface area contributed by atoms with Gasteiger partial charge in [0.15, 0.2) is 0 Å². The molecule has 0 bridgehead atoms. The molecule has 0 aliphatic carbocycles. The van der Waals surface area contributed by atoms with Crippen molar-refractivity contribution in [3.63, 3.8) is 0 Å². The summed E-state index contributed by atoms with van der Waals surface area (Å²) in [4.78, 5) is 5.82. The molecule has 2 aromatic rings. The molecule has 19 heavy (non-hydrogen) atoms. The molecule has 4 heteroatoms. The lowest BCUT2D eigenvalue weighted by Gasteiger charge is -2.33. The number of piperazine rings is 1. The van der Waals surface area contributed by atoms with E-state index in [-0.39, 0.29) is 5.82 Å². The number of aromatic amines is 1. The van der Waals surface area contributed by atoms with Crippen LogP contribution in [0.1, 0.15) is 24.2 Å². The molecule has 1 aliphatic rings. The number of hydrogen-bond donors (Lipinski definition) is 2. The number of nitrogens with one attached hydrogen (secondary N) is 2. The standard InChI is InChI=1S/C15H20FN3/c1-10-15(11(2)19-7-5-17-6-8-19)13-9-12(16)3-4-14(13)18-10/h3-4,9,11,17-18H,5-8H2,1-2H3. The fraction of sp³-hybridized carbons (Fsp3) is 0.467. The van der Waals surface area contributed by atoms with Gasteiger partial charge in [-0.15, -0.1) is 0 Å². The Morgan fingerprint density at radius 3 is 2.74 bits per heavy atom. The van der Waals surface area contributed by atoms with Gasteiger partial charge in [-0.25, -0.2) is 4.39 Å². The topological polar surface area (TPSA) is 31.1 Å². The van der Waals surface area contributed by atoms with Gasteiger partial charge < -0.3 is 10.3 Å². The third-order valence-corrected chi connectivity index (χ3v) is 4.12. The SMILES string of the molecule is Cc1[nH]c2ccc(F)cc2c1C(C)N1CCNCC1. The lowest BCUT2D eigenvalue weighted by Crippen LogP contribution is -2.44. The van der Waals surface area contributed by atoms with Crippen molar-refractivity contribution < 1.29 is 4.39 Å². The number of halogens is 1. The van der Waals surface area contributed by atoms with Crippen LogP contribution in [0, 0.1) is 12.7 Å². The van der Waals surface area contributed by atoms with Gasteiger partial charge in [0, 0.05) is 48.8 Å². The lowest BCUT2D eigenvalue weighted by atomic mass is 10.0. The third kappa shape index (κ3) is 2.26. The average molecular weight is 261 g/mol. The number of hydrogen-bond acceptors (Lipinski definition) is 2. The normalized spacial score (nSPS) is 18.9. The Hall–Kier alpha value is -1.39. The number of aryl methyl sites for hydroxylation is 1. The molecular weight excluding hydrogens is 241 g/mol. The number of H-pyrrole nitrogens is 1. The van der Waals surface area contributed by atoms with E-state index in [0.29, 0.717) is 6.04 Å². The van der Waals surface area contributed by atoms with Crippen molar-refractivity contribution in [2.75, 3.05) is 26.2 Å². The molecule has 0 radical (unpaired) electrons. The summed E-state index contributed by atoms with van der Waals surface area (Å²) >= 11 is 0. The second-order valence-electron chi connectivity index (χ2n) is 5.32. The Morgan fingerprint density at radius 2 is 2.00 bits per heavy atom. The van der Waals surface area contributed by atoms with Gasteiger partial charge in [-0.3, -0.25) is 4.90 Å². The van der Waals surface area contributed by atoms with Crippen LogP contribution in [0.15, 0.2) is 18.2 Å². The number of rotatable bonds is 2. The van der Waals surface area contributed by atoms with Crippen molar-refractivity contribution in [3.05, 3.63) is 35.3 Å².